The van der Waals surface area contributed by atoms with Crippen molar-refractivity contribution >= 4 is 15.9 Å². The van der Waals surface area contributed by atoms with E-state index in [-0.39, 0.29) is 36.4 Å². The van der Waals surface area contributed by atoms with Gasteiger partial charge in [-0.1, -0.05) is 12.1 Å². The number of likely N-dealkylation sites (tertiary alicyclic amines) is 1. The fourth-order valence-corrected chi connectivity index (χ4v) is 4.98. The SMILES string of the molecule is O=C([C@H](Cc1ccc(F)cc1)NS(=O)(=O)C1=CC=CNC1)N1CCC(CCF)CC1. The minimum absolute atomic E-state index is 0.110. The second-order valence-corrected chi connectivity index (χ2v) is 9.39. The lowest BCUT2D eigenvalue weighted by molar-refractivity contribution is -0.134. The molecule has 0 radical (unpaired) electrons. The third-order valence-corrected chi connectivity index (χ3v) is 7.08. The Labute approximate surface area is 176 Å². The van der Waals surface area contributed by atoms with Crippen molar-refractivity contribution in [3.8, 4) is 0 Å². The number of hydrogen-bond donors (Lipinski definition) is 2. The van der Waals surface area contributed by atoms with Crippen LogP contribution in [0.5, 0.6) is 0 Å². The van der Waals surface area contributed by atoms with E-state index in [2.05, 4.69) is 10.0 Å². The summed E-state index contributed by atoms with van der Waals surface area (Å²) >= 11 is 0. The van der Waals surface area contributed by atoms with Gasteiger partial charge in [0.1, 0.15) is 11.9 Å². The maximum atomic E-state index is 13.3. The molecule has 0 aromatic heterocycles. The van der Waals surface area contributed by atoms with E-state index in [4.69, 9.17) is 0 Å². The number of piperidine rings is 1. The summed E-state index contributed by atoms with van der Waals surface area (Å²) in [6, 6.07) is 4.65. The Bertz CT molecular complexity index is 893. The predicted molar refractivity (Wildman–Crippen MR) is 111 cm³/mol. The molecule has 1 amide bonds. The first kappa shape index (κ1) is 22.4. The number of rotatable bonds is 8. The Kier molecular flexibility index (Phi) is 7.60. The standard InChI is InChI=1S/C21H27F2N3O3S/c22-10-7-16-8-12-26(13-9-16)21(27)20(14-17-3-5-18(23)6-4-17)25-30(28,29)19-2-1-11-24-15-19/h1-6,11,16,20,24-25H,7-10,12-15H2/t20-/m0/s1. The molecule has 2 N–H and O–H groups in total. The molecule has 0 saturated carbocycles. The zero-order valence-corrected chi connectivity index (χ0v) is 17.5. The summed E-state index contributed by atoms with van der Waals surface area (Å²) in [5.41, 5.74) is 0.653. The third-order valence-electron chi connectivity index (χ3n) is 5.51. The van der Waals surface area contributed by atoms with E-state index in [0.29, 0.717) is 37.9 Å². The Morgan fingerprint density at radius 2 is 1.93 bits per heavy atom. The van der Waals surface area contributed by atoms with Crippen molar-refractivity contribution in [2.75, 3.05) is 26.3 Å². The highest BCUT2D eigenvalue weighted by Gasteiger charge is 2.32. The Hall–Kier alpha value is -2.26. The molecule has 0 spiro atoms. The second-order valence-electron chi connectivity index (χ2n) is 7.62. The number of sulfonamides is 1. The van der Waals surface area contributed by atoms with Crippen LogP contribution in [0, 0.1) is 11.7 Å². The summed E-state index contributed by atoms with van der Waals surface area (Å²) in [5.74, 6) is -0.472. The van der Waals surface area contributed by atoms with Crippen LogP contribution in [-0.4, -0.2) is 51.6 Å². The molecule has 0 bridgehead atoms. The molecule has 2 aliphatic rings. The summed E-state index contributed by atoms with van der Waals surface area (Å²) in [4.78, 5) is 15.0. The van der Waals surface area contributed by atoms with Crippen molar-refractivity contribution in [1.82, 2.24) is 14.9 Å². The number of dihydropyridines is 1. The molecule has 1 aromatic rings. The van der Waals surface area contributed by atoms with Crippen molar-refractivity contribution in [3.63, 3.8) is 0 Å². The highest BCUT2D eigenvalue weighted by atomic mass is 32.2. The van der Waals surface area contributed by atoms with Crippen LogP contribution in [-0.2, 0) is 21.2 Å². The molecule has 1 saturated heterocycles. The van der Waals surface area contributed by atoms with Crippen molar-refractivity contribution in [2.24, 2.45) is 5.92 Å². The quantitative estimate of drug-likeness (QED) is 0.651. The van der Waals surface area contributed by atoms with Crippen molar-refractivity contribution in [3.05, 3.63) is 58.9 Å². The molecule has 164 valence electrons. The van der Waals surface area contributed by atoms with Gasteiger partial charge in [-0.3, -0.25) is 9.18 Å². The van der Waals surface area contributed by atoms with Crippen LogP contribution < -0.4 is 10.0 Å². The molecule has 6 nitrogen and oxygen atoms in total. The zero-order valence-electron chi connectivity index (χ0n) is 16.7. The largest absolute Gasteiger partial charge is 0.386 e. The van der Waals surface area contributed by atoms with E-state index in [9.17, 15) is 22.0 Å². The highest BCUT2D eigenvalue weighted by Crippen LogP contribution is 2.22. The van der Waals surface area contributed by atoms with Crippen LogP contribution >= 0.6 is 0 Å². The third kappa shape index (κ3) is 5.89. The normalized spacial score (nSPS) is 18.6. The van der Waals surface area contributed by atoms with E-state index in [1.54, 1.807) is 29.3 Å². The van der Waals surface area contributed by atoms with Gasteiger partial charge in [0.15, 0.2) is 0 Å². The molecular weight excluding hydrogens is 412 g/mol. The minimum atomic E-state index is -3.89. The molecular formula is C21H27F2N3O3S. The first-order valence-electron chi connectivity index (χ1n) is 10.1. The average molecular weight is 440 g/mol. The molecule has 0 aliphatic carbocycles. The lowest BCUT2D eigenvalue weighted by Crippen LogP contribution is -2.52. The number of alkyl halides is 1. The number of carbonyl (C=O) groups excluding carboxylic acids is 1. The minimum Gasteiger partial charge on any atom is -0.386 e. The van der Waals surface area contributed by atoms with Crippen LogP contribution in [0.3, 0.4) is 0 Å². The summed E-state index contributed by atoms with van der Waals surface area (Å²) < 4.78 is 54.1. The number of amides is 1. The number of nitrogens with one attached hydrogen (secondary N) is 2. The van der Waals surface area contributed by atoms with Crippen LogP contribution in [0.2, 0.25) is 0 Å². The molecule has 1 atom stereocenters. The topological polar surface area (TPSA) is 78.5 Å². The zero-order chi connectivity index (χ0) is 21.6. The monoisotopic (exact) mass is 439 g/mol. The van der Waals surface area contributed by atoms with E-state index in [0.717, 1.165) is 0 Å². The molecule has 2 heterocycles. The first-order chi connectivity index (χ1) is 14.4. The van der Waals surface area contributed by atoms with Crippen molar-refractivity contribution < 1.29 is 22.0 Å². The summed E-state index contributed by atoms with van der Waals surface area (Å²) in [7, 11) is -3.89. The fraction of sp³-hybridized carbons (Fsp3) is 0.476. The molecule has 30 heavy (non-hydrogen) atoms. The fourth-order valence-electron chi connectivity index (χ4n) is 3.74. The molecule has 2 aliphatic heterocycles. The smallest absolute Gasteiger partial charge is 0.241 e. The summed E-state index contributed by atoms with van der Waals surface area (Å²) in [6.07, 6.45) is 6.71. The van der Waals surface area contributed by atoms with Gasteiger partial charge in [-0.25, -0.2) is 12.8 Å². The summed E-state index contributed by atoms with van der Waals surface area (Å²) in [6.45, 7) is 0.706. The highest BCUT2D eigenvalue weighted by molar-refractivity contribution is 7.93. The van der Waals surface area contributed by atoms with Gasteiger partial charge in [0, 0.05) is 13.1 Å². The Morgan fingerprint density at radius 1 is 1.23 bits per heavy atom. The number of carbonyl (C=O) groups is 1. The van der Waals surface area contributed by atoms with Gasteiger partial charge in [0.05, 0.1) is 18.1 Å². The lowest BCUT2D eigenvalue weighted by atomic mass is 9.93. The van der Waals surface area contributed by atoms with Crippen LogP contribution in [0.15, 0.2) is 47.5 Å². The second kappa shape index (κ2) is 10.2. The Morgan fingerprint density at radius 3 is 2.53 bits per heavy atom. The van der Waals surface area contributed by atoms with E-state index < -0.39 is 21.9 Å². The van der Waals surface area contributed by atoms with Gasteiger partial charge in [0.2, 0.25) is 15.9 Å². The first-order valence-corrected chi connectivity index (χ1v) is 11.6. The molecule has 9 heteroatoms. The van der Waals surface area contributed by atoms with Gasteiger partial charge < -0.3 is 10.2 Å². The molecule has 0 unspecified atom stereocenters. The average Bonchev–Trinajstić information content (AvgIpc) is 2.75. The van der Waals surface area contributed by atoms with Crippen LogP contribution in [0.4, 0.5) is 8.78 Å². The van der Waals surface area contributed by atoms with Gasteiger partial charge >= 0.3 is 0 Å². The molecule has 3 rings (SSSR count). The Balaban J connectivity index is 1.76. The predicted octanol–water partition coefficient (Wildman–Crippen LogP) is 2.26. The number of halogens is 2. The van der Waals surface area contributed by atoms with Crippen LogP contribution in [0.1, 0.15) is 24.8 Å². The number of benzene rings is 1. The summed E-state index contributed by atoms with van der Waals surface area (Å²) in [5, 5.41) is 2.84. The molecule has 1 aromatic carbocycles. The van der Waals surface area contributed by atoms with E-state index >= 15 is 0 Å². The van der Waals surface area contributed by atoms with Gasteiger partial charge in [-0.05, 0) is 67.6 Å². The number of hydrogen-bond acceptors (Lipinski definition) is 4. The van der Waals surface area contributed by atoms with Gasteiger partial charge in [0.25, 0.3) is 0 Å². The maximum absolute atomic E-state index is 13.3. The number of allylic oxidation sites excluding steroid dienone is 2. The van der Waals surface area contributed by atoms with E-state index in [1.165, 1.54) is 18.2 Å². The lowest BCUT2D eigenvalue weighted by Gasteiger charge is -2.34. The maximum Gasteiger partial charge on any atom is 0.241 e. The van der Waals surface area contributed by atoms with E-state index in [1.807, 2.05) is 0 Å². The van der Waals surface area contributed by atoms with Crippen molar-refractivity contribution in [2.45, 2.75) is 31.7 Å². The van der Waals surface area contributed by atoms with Gasteiger partial charge in [-0.2, -0.15) is 4.72 Å². The number of nitrogens with zero attached hydrogens (tertiary/aromatic N) is 1. The molecule has 1 fully saturated rings. The van der Waals surface area contributed by atoms with Gasteiger partial charge in [-0.15, -0.1) is 0 Å². The van der Waals surface area contributed by atoms with Crippen molar-refractivity contribution in [1.29, 1.82) is 0 Å². The van der Waals surface area contributed by atoms with Crippen LogP contribution in [0.25, 0.3) is 0 Å².